The Morgan fingerprint density at radius 3 is 2.32 bits per heavy atom. The molecule has 0 unspecified atom stereocenters. The monoisotopic (exact) mass is 699 g/mol. The van der Waals surface area contributed by atoms with Crippen molar-refractivity contribution in [2.75, 3.05) is 6.26 Å². The van der Waals surface area contributed by atoms with Crippen LogP contribution in [0.25, 0.3) is 0 Å². The van der Waals surface area contributed by atoms with Gasteiger partial charge in [0.15, 0.2) is 0 Å². The predicted molar refractivity (Wildman–Crippen MR) is 182 cm³/mol. The number of hydrogen-bond acceptors (Lipinski definition) is 6. The van der Waals surface area contributed by atoms with Gasteiger partial charge in [-0.2, -0.15) is 0 Å². The zero-order valence-electron chi connectivity index (χ0n) is 26.8. The molecule has 9 nitrogen and oxygen atoms in total. The Balaban J connectivity index is 1.51. The van der Waals surface area contributed by atoms with Gasteiger partial charge >= 0.3 is 0 Å². The van der Waals surface area contributed by atoms with E-state index in [1.54, 1.807) is 54.3 Å². The lowest BCUT2D eigenvalue weighted by Gasteiger charge is -2.49. The van der Waals surface area contributed by atoms with Crippen molar-refractivity contribution in [3.8, 4) is 0 Å². The highest BCUT2D eigenvalue weighted by Crippen LogP contribution is 2.48. The third kappa shape index (κ3) is 7.57. The molecule has 12 heteroatoms. The van der Waals surface area contributed by atoms with Gasteiger partial charge in [-0.3, -0.25) is 19.2 Å². The standard InChI is InChI=1S/C35H39Cl2N3O6S/c1-21(41)35(2,3)23-15-13-22(14-16-23)20-46-38-33(42)31-25-9-5-6-10-26(25)34(43)40(32(31)27-18-17-24(36)19-28(27)37)30-12-8-7-11-29(30)39-47(4,44)45/h5-6,9-10,13-19,29-32,39H,7-8,11-12,20H2,1-4H3,(H,38,42)/t29-,30-,31+,32-/m0/s1. The molecule has 3 aromatic carbocycles. The predicted octanol–water partition coefficient (Wildman–Crippen LogP) is 6.25. The molecule has 1 saturated carbocycles. The maximum absolute atomic E-state index is 14.4. The van der Waals surface area contributed by atoms with Crippen LogP contribution < -0.4 is 10.2 Å². The second-order valence-corrected chi connectivity index (χ2v) is 15.5. The zero-order valence-corrected chi connectivity index (χ0v) is 29.1. The van der Waals surface area contributed by atoms with Gasteiger partial charge in [-0.05, 0) is 74.1 Å². The number of carbonyl (C=O) groups is 3. The van der Waals surface area contributed by atoms with Crippen molar-refractivity contribution >= 4 is 50.8 Å². The van der Waals surface area contributed by atoms with Crippen LogP contribution in [0.2, 0.25) is 10.0 Å². The Bertz CT molecular complexity index is 1780. The van der Waals surface area contributed by atoms with E-state index in [0.29, 0.717) is 34.6 Å². The van der Waals surface area contributed by atoms with Crippen LogP contribution in [0.1, 0.15) is 91.0 Å². The quantitative estimate of drug-likeness (QED) is 0.241. The lowest BCUT2D eigenvalue weighted by Crippen LogP contribution is -2.59. The first-order valence-corrected chi connectivity index (χ1v) is 18.2. The molecular weight excluding hydrogens is 661 g/mol. The molecule has 1 aliphatic heterocycles. The van der Waals surface area contributed by atoms with Gasteiger partial charge in [0.2, 0.25) is 10.0 Å². The molecule has 5 rings (SSSR count). The summed E-state index contributed by atoms with van der Waals surface area (Å²) < 4.78 is 27.6. The first-order valence-electron chi connectivity index (χ1n) is 15.5. The van der Waals surface area contributed by atoms with Crippen molar-refractivity contribution < 1.29 is 27.6 Å². The van der Waals surface area contributed by atoms with E-state index in [9.17, 15) is 22.8 Å². The topological polar surface area (TPSA) is 122 Å². The van der Waals surface area contributed by atoms with Crippen LogP contribution in [-0.4, -0.2) is 49.3 Å². The SMILES string of the molecule is CC(=O)C(C)(C)c1ccc(CONC(=O)[C@@H]2c3ccccc3C(=O)N([C@H]3CCCC[C@@H]3NS(C)(=O)=O)[C@H]2c2ccc(Cl)cc2Cl)cc1. The molecule has 3 aromatic rings. The summed E-state index contributed by atoms with van der Waals surface area (Å²) in [5.74, 6) is -1.72. The smallest absolute Gasteiger partial charge is 0.255 e. The number of Topliss-reactive ketones (excluding diaryl/α,β-unsaturated/α-hetero) is 1. The van der Waals surface area contributed by atoms with Crippen LogP contribution in [0.5, 0.6) is 0 Å². The zero-order chi connectivity index (χ0) is 34.1. The number of benzene rings is 3. The molecule has 0 aromatic heterocycles. The first-order chi connectivity index (χ1) is 22.2. The van der Waals surface area contributed by atoms with Crippen LogP contribution in [0.4, 0.5) is 0 Å². The molecule has 250 valence electrons. The summed E-state index contributed by atoms with van der Waals surface area (Å²) in [6.07, 6.45) is 3.74. The second kappa shape index (κ2) is 14.1. The van der Waals surface area contributed by atoms with E-state index in [-0.39, 0.29) is 23.3 Å². The van der Waals surface area contributed by atoms with Crippen molar-refractivity contribution in [2.24, 2.45) is 0 Å². The Kier molecular flexibility index (Phi) is 10.5. The van der Waals surface area contributed by atoms with Crippen LogP contribution in [-0.2, 0) is 36.5 Å². The highest BCUT2D eigenvalue weighted by atomic mass is 35.5. The number of fused-ring (bicyclic) bond motifs is 1. The van der Waals surface area contributed by atoms with Crippen LogP contribution in [0.15, 0.2) is 66.7 Å². The van der Waals surface area contributed by atoms with Crippen molar-refractivity contribution in [1.82, 2.24) is 15.1 Å². The Labute approximate surface area is 286 Å². The van der Waals surface area contributed by atoms with Gasteiger partial charge in [-0.1, -0.05) is 84.6 Å². The Morgan fingerprint density at radius 1 is 0.979 bits per heavy atom. The van der Waals surface area contributed by atoms with E-state index in [4.69, 9.17) is 28.0 Å². The third-order valence-corrected chi connectivity index (χ3v) is 10.7. The molecule has 0 spiro atoms. The molecule has 0 bridgehead atoms. The fraction of sp³-hybridized carbons (Fsp3) is 0.400. The maximum atomic E-state index is 14.4. The van der Waals surface area contributed by atoms with Gasteiger partial charge in [-0.25, -0.2) is 18.6 Å². The summed E-state index contributed by atoms with van der Waals surface area (Å²) in [5, 5.41) is 0.666. The van der Waals surface area contributed by atoms with E-state index < -0.39 is 45.4 Å². The maximum Gasteiger partial charge on any atom is 0.255 e. The summed E-state index contributed by atoms with van der Waals surface area (Å²) in [5.41, 5.74) is 4.99. The molecule has 1 aliphatic carbocycles. The van der Waals surface area contributed by atoms with E-state index in [2.05, 4.69) is 10.2 Å². The number of hydrogen-bond donors (Lipinski definition) is 2. The van der Waals surface area contributed by atoms with Gasteiger partial charge in [0.05, 0.1) is 24.8 Å². The van der Waals surface area contributed by atoms with E-state index in [1.165, 1.54) is 0 Å². The van der Waals surface area contributed by atoms with Crippen molar-refractivity contribution in [1.29, 1.82) is 0 Å². The van der Waals surface area contributed by atoms with Crippen molar-refractivity contribution in [3.63, 3.8) is 0 Å². The summed E-state index contributed by atoms with van der Waals surface area (Å²) >= 11 is 13.0. The fourth-order valence-electron chi connectivity index (χ4n) is 6.60. The number of amides is 2. The fourth-order valence-corrected chi connectivity index (χ4v) is 7.95. The average molecular weight is 701 g/mol. The Hall–Kier alpha value is -3.28. The molecule has 4 atom stereocenters. The molecule has 1 fully saturated rings. The number of nitrogens with one attached hydrogen (secondary N) is 2. The molecular formula is C35H39Cl2N3O6S. The van der Waals surface area contributed by atoms with Crippen molar-refractivity contribution in [3.05, 3.63) is 105 Å². The minimum atomic E-state index is -3.60. The highest BCUT2D eigenvalue weighted by molar-refractivity contribution is 7.88. The van der Waals surface area contributed by atoms with Gasteiger partial charge in [0, 0.05) is 33.1 Å². The molecule has 0 radical (unpaired) electrons. The number of halogens is 2. The van der Waals surface area contributed by atoms with Gasteiger partial charge < -0.3 is 4.90 Å². The molecule has 2 N–H and O–H groups in total. The van der Waals surface area contributed by atoms with Crippen LogP contribution >= 0.6 is 23.2 Å². The molecule has 2 amide bonds. The number of nitrogens with zero attached hydrogens (tertiary/aromatic N) is 1. The highest BCUT2D eigenvalue weighted by Gasteiger charge is 2.49. The number of rotatable bonds is 10. The van der Waals surface area contributed by atoms with E-state index >= 15 is 0 Å². The molecule has 2 aliphatic rings. The molecule has 0 saturated heterocycles. The summed E-state index contributed by atoms with van der Waals surface area (Å²) in [7, 11) is -3.60. The first kappa shape index (κ1) is 35.0. The Morgan fingerprint density at radius 2 is 1.66 bits per heavy atom. The van der Waals surface area contributed by atoms with E-state index in [1.807, 2.05) is 38.1 Å². The minimum Gasteiger partial charge on any atom is -0.326 e. The van der Waals surface area contributed by atoms with Gasteiger partial charge in [-0.15, -0.1) is 0 Å². The lowest BCUT2D eigenvalue weighted by molar-refractivity contribution is -0.138. The number of ketones is 1. The minimum absolute atomic E-state index is 0.0519. The normalized spacial score (nSPS) is 21.7. The second-order valence-electron chi connectivity index (χ2n) is 12.9. The largest absolute Gasteiger partial charge is 0.326 e. The van der Waals surface area contributed by atoms with Crippen LogP contribution in [0, 0.1) is 0 Å². The molecule has 47 heavy (non-hydrogen) atoms. The van der Waals surface area contributed by atoms with Gasteiger partial charge in [0.1, 0.15) is 5.78 Å². The van der Waals surface area contributed by atoms with Gasteiger partial charge in [0.25, 0.3) is 11.8 Å². The molecule has 1 heterocycles. The van der Waals surface area contributed by atoms with Crippen LogP contribution in [0.3, 0.4) is 0 Å². The number of carbonyl (C=O) groups excluding carboxylic acids is 3. The van der Waals surface area contributed by atoms with E-state index in [0.717, 1.165) is 30.2 Å². The summed E-state index contributed by atoms with van der Waals surface area (Å²) in [6, 6.07) is 17.3. The van der Waals surface area contributed by atoms with Crippen molar-refractivity contribution in [2.45, 2.75) is 82.5 Å². The summed E-state index contributed by atoms with van der Waals surface area (Å²) in [4.78, 5) is 48.1. The third-order valence-electron chi connectivity index (χ3n) is 9.36. The summed E-state index contributed by atoms with van der Waals surface area (Å²) in [6.45, 7) is 5.35. The average Bonchev–Trinajstić information content (AvgIpc) is 3.01. The number of sulfonamides is 1. The number of hydroxylamine groups is 1. The lowest BCUT2D eigenvalue weighted by atomic mass is 9.76.